The molecule has 4 nitrogen and oxygen atoms in total. The number of nitrogens with two attached hydrogens (primary N) is 1. The Morgan fingerprint density at radius 1 is 1.10 bits per heavy atom. The number of rotatable bonds is 4. The van der Waals surface area contributed by atoms with Crippen LogP contribution in [-0.2, 0) is 0 Å². The highest BCUT2D eigenvalue weighted by Crippen LogP contribution is 1.79. The van der Waals surface area contributed by atoms with Gasteiger partial charge in [-0.2, -0.15) is 0 Å². The number of aliphatic hydroxyl groups excluding tert-OH is 2. The van der Waals surface area contributed by atoms with Crippen molar-refractivity contribution in [3.8, 4) is 0 Å². The maximum atomic E-state index is 8.21. The Labute approximate surface area is 59.8 Å². The lowest BCUT2D eigenvalue weighted by molar-refractivity contribution is 0.341. The Hall–Kier alpha value is -1.00. The third-order valence-corrected chi connectivity index (χ3v) is 0.891. The second-order valence-corrected chi connectivity index (χ2v) is 1.72. The Kier molecular flexibility index (Phi) is 5.51. The van der Waals surface area contributed by atoms with Gasteiger partial charge in [0.25, 0.3) is 0 Å². The number of hydrazine groups is 1. The molecule has 0 aliphatic rings. The number of nitrogens with zero attached hydrogens (tertiary/aromatic N) is 1. The molecule has 0 spiro atoms. The van der Waals surface area contributed by atoms with Gasteiger partial charge in [0.05, 0.1) is 12.5 Å². The first kappa shape index (κ1) is 9.00. The molecule has 0 aliphatic carbocycles. The molecule has 0 unspecified atom stereocenters. The fourth-order valence-electron chi connectivity index (χ4n) is 0.440. The molecule has 0 atom stereocenters. The summed E-state index contributed by atoms with van der Waals surface area (Å²) in [6.45, 7) is 0.918. The van der Waals surface area contributed by atoms with E-state index in [9.17, 15) is 0 Å². The monoisotopic (exact) mass is 144 g/mol. The highest BCUT2D eigenvalue weighted by atomic mass is 16.2. The van der Waals surface area contributed by atoms with Crippen LogP contribution in [0.3, 0.4) is 0 Å². The van der Waals surface area contributed by atoms with Crippen LogP contribution in [0.4, 0.5) is 0 Å². The van der Waals surface area contributed by atoms with Crippen molar-refractivity contribution in [1.29, 1.82) is 0 Å². The minimum Gasteiger partial charge on any atom is -0.516 e. The molecule has 0 bridgehead atoms. The van der Waals surface area contributed by atoms with Gasteiger partial charge in [0, 0.05) is 13.1 Å². The fourth-order valence-corrected chi connectivity index (χ4v) is 0.440. The van der Waals surface area contributed by atoms with Crippen LogP contribution in [-0.4, -0.2) is 28.3 Å². The van der Waals surface area contributed by atoms with Crippen molar-refractivity contribution in [3.63, 3.8) is 0 Å². The van der Waals surface area contributed by atoms with E-state index in [0.717, 1.165) is 12.5 Å². The smallest absolute Gasteiger partial charge is 0.0765 e. The maximum Gasteiger partial charge on any atom is 0.0765 e. The van der Waals surface area contributed by atoms with E-state index in [0.29, 0.717) is 13.1 Å². The highest BCUT2D eigenvalue weighted by molar-refractivity contribution is 4.80. The van der Waals surface area contributed by atoms with Crippen molar-refractivity contribution < 1.29 is 10.2 Å². The van der Waals surface area contributed by atoms with Crippen LogP contribution in [0.2, 0.25) is 0 Å². The lowest BCUT2D eigenvalue weighted by Crippen LogP contribution is -2.31. The van der Waals surface area contributed by atoms with Gasteiger partial charge in [0.1, 0.15) is 0 Å². The van der Waals surface area contributed by atoms with Gasteiger partial charge in [0.2, 0.25) is 0 Å². The molecule has 0 fully saturated rings. The first-order valence-corrected chi connectivity index (χ1v) is 2.89. The van der Waals surface area contributed by atoms with Crippen LogP contribution < -0.4 is 5.84 Å². The molecule has 0 saturated heterocycles. The first-order valence-electron chi connectivity index (χ1n) is 2.89. The van der Waals surface area contributed by atoms with Crippen LogP contribution in [0.15, 0.2) is 24.7 Å². The zero-order chi connectivity index (χ0) is 7.82. The fraction of sp³-hybridized carbons (Fsp3) is 0.333. The average molecular weight is 144 g/mol. The molecule has 0 saturated carbocycles. The van der Waals surface area contributed by atoms with E-state index >= 15 is 0 Å². The normalized spacial score (nSPS) is 12.2. The molecule has 0 radical (unpaired) electrons. The van der Waals surface area contributed by atoms with Gasteiger partial charge in [-0.15, -0.1) is 0 Å². The summed E-state index contributed by atoms with van der Waals surface area (Å²) in [4.78, 5) is 0. The van der Waals surface area contributed by atoms with Crippen LogP contribution in [0.5, 0.6) is 0 Å². The second kappa shape index (κ2) is 6.12. The molecule has 0 aliphatic heterocycles. The Morgan fingerprint density at radius 3 is 1.80 bits per heavy atom. The molecule has 0 aromatic carbocycles. The van der Waals surface area contributed by atoms with Gasteiger partial charge in [-0.25, -0.2) is 5.01 Å². The molecular weight excluding hydrogens is 132 g/mol. The predicted octanol–water partition coefficient (Wildman–Crippen LogP) is 0.306. The van der Waals surface area contributed by atoms with E-state index in [4.69, 9.17) is 16.1 Å². The summed E-state index contributed by atoms with van der Waals surface area (Å²) in [7, 11) is 0. The molecule has 0 heterocycles. The predicted molar refractivity (Wildman–Crippen MR) is 39.3 cm³/mol. The number of aliphatic hydroxyl groups is 2. The average Bonchev–Trinajstić information content (AvgIpc) is 1.97. The van der Waals surface area contributed by atoms with E-state index in [1.54, 1.807) is 0 Å². The van der Waals surface area contributed by atoms with Crippen molar-refractivity contribution in [1.82, 2.24) is 5.01 Å². The Bertz CT molecular complexity index is 109. The molecule has 4 heteroatoms. The second-order valence-electron chi connectivity index (χ2n) is 1.72. The minimum absolute atomic E-state index is 0.459. The highest BCUT2D eigenvalue weighted by Gasteiger charge is 1.89. The topological polar surface area (TPSA) is 69.7 Å². The lowest BCUT2D eigenvalue weighted by Gasteiger charge is -2.09. The van der Waals surface area contributed by atoms with Crippen molar-refractivity contribution in [3.05, 3.63) is 24.7 Å². The van der Waals surface area contributed by atoms with Gasteiger partial charge in [-0.1, -0.05) is 0 Å². The Balaban J connectivity index is 3.33. The first-order chi connectivity index (χ1) is 4.81. The van der Waals surface area contributed by atoms with Crippen molar-refractivity contribution >= 4 is 0 Å². The van der Waals surface area contributed by atoms with Crippen molar-refractivity contribution in [2.24, 2.45) is 5.84 Å². The van der Waals surface area contributed by atoms with Crippen LogP contribution in [0.25, 0.3) is 0 Å². The van der Waals surface area contributed by atoms with Crippen molar-refractivity contribution in [2.45, 2.75) is 0 Å². The molecule has 10 heavy (non-hydrogen) atoms. The number of hydrogen-bond acceptors (Lipinski definition) is 4. The van der Waals surface area contributed by atoms with E-state index in [2.05, 4.69) is 0 Å². The summed E-state index contributed by atoms with van der Waals surface area (Å²) >= 11 is 0. The van der Waals surface area contributed by atoms with Crippen LogP contribution in [0, 0.1) is 0 Å². The molecule has 4 N–H and O–H groups in total. The third-order valence-electron chi connectivity index (χ3n) is 0.891. The van der Waals surface area contributed by atoms with Gasteiger partial charge in [0.15, 0.2) is 0 Å². The van der Waals surface area contributed by atoms with Gasteiger partial charge < -0.3 is 10.2 Å². The molecule has 0 aromatic heterocycles. The van der Waals surface area contributed by atoms with Crippen LogP contribution >= 0.6 is 0 Å². The SMILES string of the molecule is NN(CC=CO)CC=CO. The van der Waals surface area contributed by atoms with Crippen LogP contribution in [0.1, 0.15) is 0 Å². The summed E-state index contributed by atoms with van der Waals surface area (Å²) in [6, 6.07) is 0. The van der Waals surface area contributed by atoms with E-state index in [1.165, 1.54) is 17.2 Å². The molecule has 0 amide bonds. The third kappa shape index (κ3) is 5.14. The molecular formula is C6H12N2O2. The zero-order valence-corrected chi connectivity index (χ0v) is 5.64. The van der Waals surface area contributed by atoms with E-state index in [-0.39, 0.29) is 0 Å². The largest absolute Gasteiger partial charge is 0.516 e. The number of hydrogen-bond donors (Lipinski definition) is 3. The zero-order valence-electron chi connectivity index (χ0n) is 5.64. The summed E-state index contributed by atoms with van der Waals surface area (Å²) in [5.74, 6) is 5.35. The van der Waals surface area contributed by atoms with Gasteiger partial charge in [-0.3, -0.25) is 5.84 Å². The lowest BCUT2D eigenvalue weighted by atomic mass is 10.5. The van der Waals surface area contributed by atoms with E-state index in [1.807, 2.05) is 0 Å². The van der Waals surface area contributed by atoms with Crippen molar-refractivity contribution in [2.75, 3.05) is 13.1 Å². The summed E-state index contributed by atoms with van der Waals surface area (Å²) < 4.78 is 0. The van der Waals surface area contributed by atoms with Gasteiger partial charge in [-0.05, 0) is 12.2 Å². The van der Waals surface area contributed by atoms with E-state index < -0.39 is 0 Å². The Morgan fingerprint density at radius 2 is 1.50 bits per heavy atom. The molecule has 0 aromatic rings. The standard InChI is InChI=1S/C6H12N2O2/c7-8(3-1-5-9)4-2-6-10/h1-2,5-6,9-10H,3-4,7H2. The summed E-state index contributed by atoms with van der Waals surface area (Å²) in [5, 5.41) is 17.9. The summed E-state index contributed by atoms with van der Waals surface area (Å²) in [5.41, 5.74) is 0. The quantitative estimate of drug-likeness (QED) is 0.301. The van der Waals surface area contributed by atoms with Gasteiger partial charge >= 0.3 is 0 Å². The summed E-state index contributed by atoms with van der Waals surface area (Å²) in [6.07, 6.45) is 4.88. The molecule has 58 valence electrons. The molecule has 0 rings (SSSR count). The maximum absolute atomic E-state index is 8.21. The minimum atomic E-state index is 0.459.